The fraction of sp³-hybridized carbons (Fsp3) is 0.333. The maximum atomic E-state index is 11.9. The van der Waals surface area contributed by atoms with E-state index in [2.05, 4.69) is 25.0 Å². The third-order valence-electron chi connectivity index (χ3n) is 4.54. The molecule has 3 rings (SSSR count). The van der Waals surface area contributed by atoms with Crippen LogP contribution < -0.4 is 0 Å². The van der Waals surface area contributed by atoms with Crippen molar-refractivity contribution in [2.75, 3.05) is 0 Å². The molecular formula is C18H18Cl2F2N3O2-. The van der Waals surface area contributed by atoms with Crippen molar-refractivity contribution in [1.82, 2.24) is 10.2 Å². The molecule has 0 saturated carbocycles. The number of halogens is 4. The molecule has 2 atom stereocenters. The van der Waals surface area contributed by atoms with Gasteiger partial charge in [0.15, 0.2) is 0 Å². The van der Waals surface area contributed by atoms with Crippen LogP contribution in [-0.2, 0) is 0 Å². The van der Waals surface area contributed by atoms with Gasteiger partial charge in [-0.15, -0.1) is 5.69 Å². The highest BCUT2D eigenvalue weighted by Gasteiger charge is 2.33. The summed E-state index contributed by atoms with van der Waals surface area (Å²) in [6, 6.07) is 5.83. The van der Waals surface area contributed by atoms with Gasteiger partial charge in [-0.25, -0.2) is 13.6 Å². The minimum atomic E-state index is -2.83. The van der Waals surface area contributed by atoms with Crippen LogP contribution in [0.1, 0.15) is 65.7 Å². The van der Waals surface area contributed by atoms with E-state index >= 15 is 0 Å². The second kappa shape index (κ2) is 8.71. The third kappa shape index (κ3) is 4.25. The zero-order valence-corrected chi connectivity index (χ0v) is 16.1. The summed E-state index contributed by atoms with van der Waals surface area (Å²) < 4.78 is 24.1. The first-order chi connectivity index (χ1) is 12.7. The van der Waals surface area contributed by atoms with Gasteiger partial charge in [0, 0.05) is 11.8 Å². The second-order valence-electron chi connectivity index (χ2n) is 6.01. The number of allylic oxidation sites excluding steroid dienone is 1. The largest absolute Gasteiger partial charge is 0.698 e. The quantitative estimate of drug-likeness (QED) is 0.581. The SMILES string of the molecule is CCC1C(=C(Cl)Cl)C(C)c2cccc([NH-])c21.O=C(O)c1cn[nH]c1C(F)F. The summed E-state index contributed by atoms with van der Waals surface area (Å²) >= 11 is 12.0. The van der Waals surface area contributed by atoms with E-state index in [0.717, 1.165) is 23.8 Å². The number of benzene rings is 1. The minimum Gasteiger partial charge on any atom is -0.698 e. The van der Waals surface area contributed by atoms with Gasteiger partial charge in [-0.2, -0.15) is 5.10 Å². The first-order valence-electron chi connectivity index (χ1n) is 8.14. The molecule has 0 spiro atoms. The molecule has 1 aliphatic rings. The minimum absolute atomic E-state index is 0.212. The molecule has 9 heteroatoms. The van der Waals surface area contributed by atoms with E-state index in [1.807, 2.05) is 17.2 Å². The molecular weight excluding hydrogens is 399 g/mol. The van der Waals surface area contributed by atoms with Crippen LogP contribution in [0.15, 0.2) is 34.5 Å². The van der Waals surface area contributed by atoms with Gasteiger partial charge in [-0.3, -0.25) is 5.10 Å². The topological polar surface area (TPSA) is 89.8 Å². The van der Waals surface area contributed by atoms with Crippen molar-refractivity contribution in [3.63, 3.8) is 0 Å². The standard InChI is InChI=1S/C13H14Cl2N.C5H4F2N2O2/c1-3-8-11(13(14)15)7(2)9-5-4-6-10(16)12(8)9;6-4(7)3-2(5(10)11)1-8-9-3/h4-8,16H,3H2,1-2H3;1,4H,(H,8,9)(H,10,11)/q-1;. The van der Waals surface area contributed by atoms with Gasteiger partial charge >= 0.3 is 5.97 Å². The number of aromatic carboxylic acids is 1. The fourth-order valence-electron chi connectivity index (χ4n) is 3.33. The number of rotatable bonds is 3. The number of nitrogens with one attached hydrogen (secondary N) is 2. The van der Waals surface area contributed by atoms with Crippen LogP contribution in [0.2, 0.25) is 0 Å². The monoisotopic (exact) mass is 416 g/mol. The Labute approximate surface area is 165 Å². The Morgan fingerprint density at radius 1 is 1.41 bits per heavy atom. The molecule has 0 aliphatic heterocycles. The fourth-order valence-corrected chi connectivity index (χ4v) is 3.92. The first kappa shape index (κ1) is 21.2. The molecule has 5 nitrogen and oxygen atoms in total. The molecule has 1 heterocycles. The predicted molar refractivity (Wildman–Crippen MR) is 101 cm³/mol. The lowest BCUT2D eigenvalue weighted by Crippen LogP contribution is -1.99. The number of carbonyl (C=O) groups is 1. The van der Waals surface area contributed by atoms with Gasteiger partial charge in [0.05, 0.1) is 6.20 Å². The Balaban J connectivity index is 0.000000208. The van der Waals surface area contributed by atoms with Crippen molar-refractivity contribution >= 4 is 34.9 Å². The second-order valence-corrected chi connectivity index (χ2v) is 6.96. The number of carboxylic acid groups (broad SMARTS) is 1. The van der Waals surface area contributed by atoms with Gasteiger partial charge in [-0.1, -0.05) is 60.8 Å². The van der Waals surface area contributed by atoms with Gasteiger partial charge in [0.1, 0.15) is 15.7 Å². The van der Waals surface area contributed by atoms with E-state index in [0.29, 0.717) is 10.2 Å². The molecule has 0 fully saturated rings. The molecule has 146 valence electrons. The van der Waals surface area contributed by atoms with E-state index in [4.69, 9.17) is 34.0 Å². The average molecular weight is 417 g/mol. The van der Waals surface area contributed by atoms with Crippen LogP contribution in [0.4, 0.5) is 14.5 Å². The Bertz CT molecular complexity index is 864. The number of aromatic amines is 1. The summed E-state index contributed by atoms with van der Waals surface area (Å²) in [6.45, 7) is 4.21. The van der Waals surface area contributed by atoms with E-state index in [-0.39, 0.29) is 11.8 Å². The highest BCUT2D eigenvalue weighted by Crippen LogP contribution is 2.52. The number of fused-ring (bicyclic) bond motifs is 1. The van der Waals surface area contributed by atoms with Crippen molar-refractivity contribution < 1.29 is 18.7 Å². The Kier molecular flexibility index (Phi) is 6.84. The smallest absolute Gasteiger partial charge is 0.339 e. The highest BCUT2D eigenvalue weighted by molar-refractivity contribution is 6.56. The van der Waals surface area contributed by atoms with Crippen LogP contribution in [0, 0.1) is 0 Å². The first-order valence-corrected chi connectivity index (χ1v) is 8.90. The number of nitrogens with zero attached hydrogens (tertiary/aromatic N) is 1. The van der Waals surface area contributed by atoms with E-state index in [1.54, 1.807) is 0 Å². The van der Waals surface area contributed by atoms with Crippen LogP contribution in [0.3, 0.4) is 0 Å². The van der Waals surface area contributed by atoms with Crippen molar-refractivity contribution in [3.05, 3.63) is 62.6 Å². The summed E-state index contributed by atoms with van der Waals surface area (Å²) in [4.78, 5) is 10.2. The zero-order valence-electron chi connectivity index (χ0n) is 14.6. The van der Waals surface area contributed by atoms with Crippen LogP contribution >= 0.6 is 23.2 Å². The predicted octanol–water partition coefficient (Wildman–Crippen LogP) is 6.72. The molecule has 0 bridgehead atoms. The summed E-state index contributed by atoms with van der Waals surface area (Å²) in [6.07, 6.45) is -1.04. The zero-order chi connectivity index (χ0) is 20.3. The maximum absolute atomic E-state index is 11.9. The van der Waals surface area contributed by atoms with Crippen molar-refractivity contribution in [2.45, 2.75) is 38.5 Å². The molecule has 1 aromatic heterocycles. The average Bonchev–Trinajstić information content (AvgIpc) is 3.19. The molecule has 0 saturated heterocycles. The molecule has 1 aliphatic carbocycles. The van der Waals surface area contributed by atoms with Gasteiger partial charge < -0.3 is 10.8 Å². The van der Waals surface area contributed by atoms with E-state index in [9.17, 15) is 13.6 Å². The van der Waals surface area contributed by atoms with Gasteiger partial charge in [0.2, 0.25) is 0 Å². The number of hydrogen-bond donors (Lipinski definition) is 2. The van der Waals surface area contributed by atoms with E-state index < -0.39 is 23.7 Å². The molecule has 0 radical (unpaired) electrons. The van der Waals surface area contributed by atoms with E-state index in [1.165, 1.54) is 5.56 Å². The summed E-state index contributed by atoms with van der Waals surface area (Å²) in [7, 11) is 0. The van der Waals surface area contributed by atoms with Crippen molar-refractivity contribution in [3.8, 4) is 0 Å². The normalized spacial score (nSPS) is 18.1. The Morgan fingerprint density at radius 2 is 2.07 bits per heavy atom. The Hall–Kier alpha value is -2.12. The number of aromatic nitrogens is 2. The van der Waals surface area contributed by atoms with Crippen LogP contribution in [0.5, 0.6) is 0 Å². The summed E-state index contributed by atoms with van der Waals surface area (Å²) in [5, 5.41) is 13.4. The number of hydrogen-bond acceptors (Lipinski definition) is 2. The summed E-state index contributed by atoms with van der Waals surface area (Å²) in [5.41, 5.74) is 10.8. The maximum Gasteiger partial charge on any atom is 0.339 e. The lowest BCUT2D eigenvalue weighted by molar-refractivity contribution is 0.0684. The van der Waals surface area contributed by atoms with Crippen molar-refractivity contribution in [1.29, 1.82) is 0 Å². The highest BCUT2D eigenvalue weighted by atomic mass is 35.5. The van der Waals surface area contributed by atoms with Crippen LogP contribution in [0.25, 0.3) is 5.73 Å². The van der Waals surface area contributed by atoms with Gasteiger partial charge in [0.25, 0.3) is 6.43 Å². The molecule has 2 aromatic rings. The molecule has 0 amide bonds. The Morgan fingerprint density at radius 3 is 2.56 bits per heavy atom. The summed E-state index contributed by atoms with van der Waals surface area (Å²) in [5.74, 6) is -0.965. The third-order valence-corrected chi connectivity index (χ3v) is 4.98. The van der Waals surface area contributed by atoms with Crippen LogP contribution in [-0.4, -0.2) is 21.3 Å². The molecule has 3 N–H and O–H groups in total. The molecule has 2 unspecified atom stereocenters. The molecule has 27 heavy (non-hydrogen) atoms. The lowest BCUT2D eigenvalue weighted by Gasteiger charge is -2.17. The lowest BCUT2D eigenvalue weighted by atomic mass is 9.93. The van der Waals surface area contributed by atoms with Gasteiger partial charge in [-0.05, 0) is 17.6 Å². The molecule has 1 aromatic carbocycles. The van der Waals surface area contributed by atoms with Crippen molar-refractivity contribution in [2.24, 2.45) is 0 Å². The number of carboxylic acids is 1. The number of H-pyrrole nitrogens is 1. The number of alkyl halides is 2.